The monoisotopic (exact) mass is 403 g/mol. The van der Waals surface area contributed by atoms with Gasteiger partial charge in [-0.05, 0) is 29.7 Å². The number of phenols is 1. The molecule has 3 atom stereocenters. The third kappa shape index (κ3) is 3.63. The number of carbonyl (C=O) groups excluding carboxylic acids is 2. The number of benzene rings is 1. The average molecular weight is 403 g/mol. The maximum Gasteiger partial charge on any atom is 0.352 e. The second-order valence-corrected chi connectivity index (χ2v) is 7.56. The first-order chi connectivity index (χ1) is 13.3. The van der Waals surface area contributed by atoms with E-state index in [2.05, 4.69) is 5.32 Å². The van der Waals surface area contributed by atoms with E-state index in [1.807, 2.05) is 13.0 Å². The molecular formula is C19H21N3O5S. The number of aromatic hydroxyl groups is 1. The summed E-state index contributed by atoms with van der Waals surface area (Å²) in [5.41, 5.74) is 6.98. The fraction of sp³-hybridized carbons (Fsp3) is 0.316. The molecule has 0 aromatic heterocycles. The third-order valence-electron chi connectivity index (χ3n) is 4.59. The van der Waals surface area contributed by atoms with E-state index in [0.29, 0.717) is 16.9 Å². The highest BCUT2D eigenvalue weighted by molar-refractivity contribution is 8.00. The molecule has 9 heteroatoms. The number of carboxylic acids is 1. The van der Waals surface area contributed by atoms with Gasteiger partial charge in [-0.1, -0.05) is 31.2 Å². The van der Waals surface area contributed by atoms with Gasteiger partial charge in [0.1, 0.15) is 28.9 Å². The highest BCUT2D eigenvalue weighted by Crippen LogP contribution is 2.40. The quantitative estimate of drug-likeness (QED) is 0.523. The zero-order valence-corrected chi connectivity index (χ0v) is 16.0. The van der Waals surface area contributed by atoms with Gasteiger partial charge in [0.25, 0.3) is 5.91 Å². The van der Waals surface area contributed by atoms with Gasteiger partial charge in [-0.3, -0.25) is 14.5 Å². The molecule has 0 radical (unpaired) electrons. The molecule has 0 aliphatic carbocycles. The first kappa shape index (κ1) is 20.0. The average Bonchev–Trinajstić information content (AvgIpc) is 2.69. The maximum atomic E-state index is 12.6. The van der Waals surface area contributed by atoms with Crippen molar-refractivity contribution in [2.75, 3.05) is 5.75 Å². The van der Waals surface area contributed by atoms with Gasteiger partial charge in [-0.15, -0.1) is 11.8 Å². The van der Waals surface area contributed by atoms with Crippen LogP contribution in [0.2, 0.25) is 0 Å². The molecule has 3 rings (SSSR count). The number of hydrogen-bond donors (Lipinski definition) is 4. The summed E-state index contributed by atoms with van der Waals surface area (Å²) < 4.78 is 0. The predicted octanol–water partition coefficient (Wildman–Crippen LogP) is 1.10. The number of aliphatic carboxylic acids is 1. The van der Waals surface area contributed by atoms with E-state index >= 15 is 0 Å². The standard InChI is InChI=1S/C19H21N3O5S/c1-2-3-4-11-9-28-18-14(17(25)22(18)15(11)19(26)27)21-16(24)13(20)10-5-7-12(23)8-6-10/h3-8,13-14,18,23H,2,9,20H2,1H3,(H,21,24)(H,26,27)/b4-3-/t13?,14-,18-/m1/s1. The Morgan fingerprint density at radius 1 is 1.39 bits per heavy atom. The summed E-state index contributed by atoms with van der Waals surface area (Å²) in [6.45, 7) is 1.94. The zero-order chi connectivity index (χ0) is 20.4. The lowest BCUT2D eigenvalue weighted by Gasteiger charge is -2.49. The van der Waals surface area contributed by atoms with E-state index in [4.69, 9.17) is 5.73 Å². The number of fused-ring (bicyclic) bond motifs is 1. The van der Waals surface area contributed by atoms with E-state index in [-0.39, 0.29) is 11.4 Å². The minimum absolute atomic E-state index is 0.0354. The van der Waals surface area contributed by atoms with Crippen molar-refractivity contribution in [3.05, 3.63) is 53.3 Å². The van der Waals surface area contributed by atoms with Crippen molar-refractivity contribution in [1.29, 1.82) is 0 Å². The SMILES string of the molecule is CC/C=C\C1=C(C(=O)O)N2C(=O)[C@@H](NC(=O)C(N)c3ccc(O)cc3)[C@H]2SC1. The first-order valence-electron chi connectivity index (χ1n) is 8.77. The van der Waals surface area contributed by atoms with Gasteiger partial charge in [0.15, 0.2) is 0 Å². The number of carbonyl (C=O) groups is 3. The molecule has 1 aromatic carbocycles. The molecule has 2 amide bonds. The van der Waals surface area contributed by atoms with Gasteiger partial charge in [0, 0.05) is 5.75 Å². The summed E-state index contributed by atoms with van der Waals surface area (Å²) in [5.74, 6) is -1.69. The fourth-order valence-corrected chi connectivity index (χ4v) is 4.43. The number of nitrogens with one attached hydrogen (secondary N) is 1. The van der Waals surface area contributed by atoms with Crippen LogP contribution < -0.4 is 11.1 Å². The molecule has 0 spiro atoms. The summed E-state index contributed by atoms with van der Waals surface area (Å²) in [6.07, 6.45) is 4.33. The highest BCUT2D eigenvalue weighted by atomic mass is 32.2. The lowest BCUT2D eigenvalue weighted by molar-refractivity contribution is -0.150. The predicted molar refractivity (Wildman–Crippen MR) is 104 cm³/mol. The maximum absolute atomic E-state index is 12.6. The van der Waals surface area contributed by atoms with Gasteiger partial charge < -0.3 is 21.3 Å². The van der Waals surface area contributed by atoms with Crippen LogP contribution in [0.3, 0.4) is 0 Å². The van der Waals surface area contributed by atoms with Crippen LogP contribution in [0.5, 0.6) is 5.75 Å². The highest BCUT2D eigenvalue weighted by Gasteiger charge is 2.54. The van der Waals surface area contributed by atoms with E-state index in [9.17, 15) is 24.6 Å². The van der Waals surface area contributed by atoms with Crippen LogP contribution in [0.15, 0.2) is 47.7 Å². The van der Waals surface area contributed by atoms with Crippen molar-refractivity contribution in [2.24, 2.45) is 5.73 Å². The number of carboxylic acid groups (broad SMARTS) is 1. The lowest BCUT2D eigenvalue weighted by Crippen LogP contribution is -2.71. The third-order valence-corrected chi connectivity index (χ3v) is 5.89. The van der Waals surface area contributed by atoms with Crippen molar-refractivity contribution in [1.82, 2.24) is 10.2 Å². The van der Waals surface area contributed by atoms with Crippen molar-refractivity contribution < 1.29 is 24.6 Å². The summed E-state index contributed by atoms with van der Waals surface area (Å²) >= 11 is 1.40. The summed E-state index contributed by atoms with van der Waals surface area (Å²) in [6, 6.07) is 4.07. The van der Waals surface area contributed by atoms with Crippen LogP contribution >= 0.6 is 11.8 Å². The molecule has 1 saturated heterocycles. The number of thioether (sulfide) groups is 1. The Balaban J connectivity index is 1.74. The molecule has 2 heterocycles. The van der Waals surface area contributed by atoms with Crippen LogP contribution in [0.1, 0.15) is 24.9 Å². The van der Waals surface area contributed by atoms with Gasteiger partial charge >= 0.3 is 5.97 Å². The number of amides is 2. The number of phenolic OH excluding ortho intramolecular Hbond substituents is 1. The fourth-order valence-electron chi connectivity index (χ4n) is 3.11. The number of hydrogen-bond acceptors (Lipinski definition) is 6. The molecule has 2 aliphatic rings. The van der Waals surface area contributed by atoms with E-state index < -0.39 is 35.2 Å². The van der Waals surface area contributed by atoms with Crippen LogP contribution in [0, 0.1) is 0 Å². The topological polar surface area (TPSA) is 133 Å². The first-order valence-corrected chi connectivity index (χ1v) is 9.82. The molecule has 0 saturated carbocycles. The summed E-state index contributed by atoms with van der Waals surface area (Å²) in [4.78, 5) is 37.9. The Morgan fingerprint density at radius 3 is 2.68 bits per heavy atom. The number of nitrogens with zero attached hydrogens (tertiary/aromatic N) is 1. The number of allylic oxidation sites excluding steroid dienone is 2. The number of β-lactam (4-membered cyclic amide) rings is 1. The number of nitrogens with two attached hydrogens (primary N) is 1. The molecule has 2 aliphatic heterocycles. The van der Waals surface area contributed by atoms with Gasteiger partial charge in [0.05, 0.1) is 0 Å². The molecule has 1 aromatic rings. The Labute approximate surface area is 166 Å². The van der Waals surface area contributed by atoms with Crippen molar-refractivity contribution in [3.63, 3.8) is 0 Å². The molecular weight excluding hydrogens is 382 g/mol. The zero-order valence-electron chi connectivity index (χ0n) is 15.2. The van der Waals surface area contributed by atoms with Gasteiger partial charge in [0.2, 0.25) is 5.91 Å². The Kier molecular flexibility index (Phi) is 5.76. The van der Waals surface area contributed by atoms with Crippen molar-refractivity contribution in [2.45, 2.75) is 30.8 Å². The Morgan fingerprint density at radius 2 is 2.07 bits per heavy atom. The number of rotatable bonds is 6. The largest absolute Gasteiger partial charge is 0.508 e. The molecule has 1 fully saturated rings. The summed E-state index contributed by atoms with van der Waals surface area (Å²) in [5, 5.41) is 21.0. The molecule has 28 heavy (non-hydrogen) atoms. The van der Waals surface area contributed by atoms with Crippen molar-refractivity contribution >= 4 is 29.5 Å². The van der Waals surface area contributed by atoms with E-state index in [0.717, 1.165) is 6.42 Å². The van der Waals surface area contributed by atoms with Gasteiger partial charge in [-0.25, -0.2) is 4.79 Å². The van der Waals surface area contributed by atoms with Crippen LogP contribution in [-0.2, 0) is 14.4 Å². The lowest BCUT2D eigenvalue weighted by atomic mass is 10.0. The van der Waals surface area contributed by atoms with Crippen molar-refractivity contribution in [3.8, 4) is 5.75 Å². The van der Waals surface area contributed by atoms with Gasteiger partial charge in [-0.2, -0.15) is 0 Å². The molecule has 148 valence electrons. The van der Waals surface area contributed by atoms with E-state index in [1.54, 1.807) is 6.08 Å². The van der Waals surface area contributed by atoms with Crippen LogP contribution in [0.25, 0.3) is 0 Å². The minimum atomic E-state index is -1.17. The molecule has 8 nitrogen and oxygen atoms in total. The second kappa shape index (κ2) is 8.07. The smallest absolute Gasteiger partial charge is 0.352 e. The normalized spacial score (nSPS) is 22.6. The molecule has 5 N–H and O–H groups in total. The van der Waals surface area contributed by atoms with Crippen LogP contribution in [0.4, 0.5) is 0 Å². The minimum Gasteiger partial charge on any atom is -0.508 e. The molecule has 1 unspecified atom stereocenters. The van der Waals surface area contributed by atoms with E-state index in [1.165, 1.54) is 40.9 Å². The Hall–Kier alpha value is -2.78. The summed E-state index contributed by atoms with van der Waals surface area (Å²) in [7, 11) is 0. The second-order valence-electron chi connectivity index (χ2n) is 6.45. The Bertz CT molecular complexity index is 865. The van der Waals surface area contributed by atoms with Crippen LogP contribution in [-0.4, -0.2) is 50.1 Å². The molecule has 0 bridgehead atoms.